The van der Waals surface area contributed by atoms with Gasteiger partial charge in [-0.2, -0.15) is 0 Å². The molecule has 1 unspecified atom stereocenters. The smallest absolute Gasteiger partial charge is 0.311 e. The van der Waals surface area contributed by atoms with E-state index in [1.54, 1.807) is 0 Å². The van der Waals surface area contributed by atoms with Gasteiger partial charge in [0.25, 0.3) is 0 Å². The number of nitrogen functional groups attached to an aromatic ring is 1. The molecule has 0 aliphatic rings. The highest BCUT2D eigenvalue weighted by atomic mass is 32.1. The van der Waals surface area contributed by atoms with E-state index in [9.17, 15) is 10.1 Å². The second-order valence-electron chi connectivity index (χ2n) is 4.16. The summed E-state index contributed by atoms with van der Waals surface area (Å²) in [5.74, 6) is 5.78. The first kappa shape index (κ1) is 14.2. The molecule has 1 atom stereocenters. The molecule has 106 valence electrons. The number of hydrogen-bond acceptors (Lipinski definition) is 8. The van der Waals surface area contributed by atoms with Crippen LogP contribution in [0.2, 0.25) is 0 Å². The molecule has 20 heavy (non-hydrogen) atoms. The van der Waals surface area contributed by atoms with Crippen LogP contribution in [0, 0.1) is 17.0 Å². The van der Waals surface area contributed by atoms with Crippen molar-refractivity contribution in [2.45, 2.75) is 19.9 Å². The Morgan fingerprint density at radius 1 is 1.45 bits per heavy atom. The van der Waals surface area contributed by atoms with Crippen molar-refractivity contribution in [2.24, 2.45) is 5.84 Å². The number of nitrogens with zero attached hydrogens (tertiary/aromatic N) is 3. The zero-order valence-electron chi connectivity index (χ0n) is 11.0. The molecular formula is C11H14N6O2S. The van der Waals surface area contributed by atoms with Crippen molar-refractivity contribution >= 4 is 28.7 Å². The van der Waals surface area contributed by atoms with Gasteiger partial charge in [-0.3, -0.25) is 10.1 Å². The minimum Gasteiger partial charge on any atom is -0.355 e. The summed E-state index contributed by atoms with van der Waals surface area (Å²) >= 11 is 1.49. The van der Waals surface area contributed by atoms with Crippen LogP contribution >= 0.6 is 11.3 Å². The average molecular weight is 294 g/mol. The Morgan fingerprint density at radius 3 is 2.75 bits per heavy atom. The van der Waals surface area contributed by atoms with Crippen molar-refractivity contribution in [3.05, 3.63) is 38.3 Å². The molecule has 0 amide bonds. The van der Waals surface area contributed by atoms with Crippen LogP contribution in [0.15, 0.2) is 17.5 Å². The maximum absolute atomic E-state index is 11.0. The standard InChI is InChI=1S/C11H14N6O2S/c1-6-5-20-11(13-6)7(2)14-10-8(17(18)19)3-4-9(15-10)16-12/h3-5,7H,12H2,1-2H3,(H2,14,15,16). The van der Waals surface area contributed by atoms with Gasteiger partial charge in [0.05, 0.1) is 11.0 Å². The number of nitrogens with one attached hydrogen (secondary N) is 2. The van der Waals surface area contributed by atoms with Crippen molar-refractivity contribution in [2.75, 3.05) is 10.7 Å². The van der Waals surface area contributed by atoms with Gasteiger partial charge in [-0.15, -0.1) is 11.3 Å². The summed E-state index contributed by atoms with van der Waals surface area (Å²) in [6.07, 6.45) is 0. The van der Waals surface area contributed by atoms with Crippen molar-refractivity contribution in [1.82, 2.24) is 9.97 Å². The number of aromatic nitrogens is 2. The first-order chi connectivity index (χ1) is 9.51. The number of hydrazine groups is 1. The number of nitrogens with two attached hydrogens (primary N) is 1. The number of aryl methyl sites for hydroxylation is 1. The Balaban J connectivity index is 2.29. The van der Waals surface area contributed by atoms with E-state index in [0.717, 1.165) is 10.7 Å². The lowest BCUT2D eigenvalue weighted by Gasteiger charge is -2.12. The fourth-order valence-electron chi connectivity index (χ4n) is 1.62. The van der Waals surface area contributed by atoms with E-state index in [4.69, 9.17) is 5.84 Å². The number of pyridine rings is 1. The van der Waals surface area contributed by atoms with E-state index in [1.165, 1.54) is 23.5 Å². The highest BCUT2D eigenvalue weighted by Gasteiger charge is 2.19. The maximum Gasteiger partial charge on any atom is 0.311 e. The lowest BCUT2D eigenvalue weighted by Crippen LogP contribution is -2.13. The Morgan fingerprint density at radius 2 is 2.20 bits per heavy atom. The second-order valence-corrected chi connectivity index (χ2v) is 5.05. The van der Waals surface area contributed by atoms with Crippen LogP contribution in [0.4, 0.5) is 17.3 Å². The molecule has 2 rings (SSSR count). The van der Waals surface area contributed by atoms with Crippen molar-refractivity contribution in [1.29, 1.82) is 0 Å². The molecular weight excluding hydrogens is 280 g/mol. The van der Waals surface area contributed by atoms with Crippen LogP contribution in [-0.4, -0.2) is 14.9 Å². The number of hydrogen-bond donors (Lipinski definition) is 3. The van der Waals surface area contributed by atoms with Crippen LogP contribution in [0.1, 0.15) is 23.7 Å². The Hall–Kier alpha value is -2.26. The SMILES string of the molecule is Cc1csc(C(C)Nc2nc(NN)ccc2[N+](=O)[O-])n1. The van der Waals surface area contributed by atoms with E-state index in [2.05, 4.69) is 20.7 Å². The molecule has 0 fully saturated rings. The third kappa shape index (κ3) is 3.00. The number of anilines is 2. The summed E-state index contributed by atoms with van der Waals surface area (Å²) in [6.45, 7) is 3.76. The van der Waals surface area contributed by atoms with Gasteiger partial charge in [0, 0.05) is 17.1 Å². The first-order valence-corrected chi connectivity index (χ1v) is 6.70. The van der Waals surface area contributed by atoms with Gasteiger partial charge in [0.1, 0.15) is 10.8 Å². The zero-order chi connectivity index (χ0) is 14.7. The fraction of sp³-hybridized carbons (Fsp3) is 0.273. The maximum atomic E-state index is 11.0. The highest BCUT2D eigenvalue weighted by Crippen LogP contribution is 2.28. The van der Waals surface area contributed by atoms with Crippen LogP contribution in [0.3, 0.4) is 0 Å². The summed E-state index contributed by atoms with van der Waals surface area (Å²) in [6, 6.07) is 2.61. The predicted molar refractivity (Wildman–Crippen MR) is 77.6 cm³/mol. The summed E-state index contributed by atoms with van der Waals surface area (Å²) < 4.78 is 0. The van der Waals surface area contributed by atoms with Gasteiger partial charge < -0.3 is 10.7 Å². The quantitative estimate of drug-likeness (QED) is 0.439. The minimum atomic E-state index is -0.491. The monoisotopic (exact) mass is 294 g/mol. The summed E-state index contributed by atoms with van der Waals surface area (Å²) in [4.78, 5) is 18.9. The molecule has 0 radical (unpaired) electrons. The number of nitro groups is 1. The van der Waals surface area contributed by atoms with Gasteiger partial charge in [-0.1, -0.05) is 0 Å². The highest BCUT2D eigenvalue weighted by molar-refractivity contribution is 7.09. The van der Waals surface area contributed by atoms with Crippen molar-refractivity contribution in [3.8, 4) is 0 Å². The van der Waals surface area contributed by atoms with Crippen LogP contribution in [0.25, 0.3) is 0 Å². The molecule has 0 aliphatic heterocycles. The molecule has 0 aromatic carbocycles. The third-order valence-corrected chi connectivity index (χ3v) is 3.72. The molecule has 4 N–H and O–H groups in total. The van der Waals surface area contributed by atoms with E-state index < -0.39 is 4.92 Å². The zero-order valence-corrected chi connectivity index (χ0v) is 11.8. The average Bonchev–Trinajstić information content (AvgIpc) is 2.85. The minimum absolute atomic E-state index is 0.107. The fourth-order valence-corrected chi connectivity index (χ4v) is 2.43. The first-order valence-electron chi connectivity index (χ1n) is 5.82. The predicted octanol–water partition coefficient (Wildman–Crippen LogP) is 2.21. The molecule has 0 saturated heterocycles. The van der Waals surface area contributed by atoms with Gasteiger partial charge >= 0.3 is 5.69 Å². The van der Waals surface area contributed by atoms with E-state index >= 15 is 0 Å². The molecule has 2 aromatic heterocycles. The molecule has 2 aromatic rings. The van der Waals surface area contributed by atoms with E-state index in [1.807, 2.05) is 19.2 Å². The van der Waals surface area contributed by atoms with Crippen LogP contribution < -0.4 is 16.6 Å². The Kier molecular flexibility index (Phi) is 4.11. The Bertz CT molecular complexity index is 629. The van der Waals surface area contributed by atoms with Gasteiger partial charge in [-0.25, -0.2) is 15.8 Å². The number of thiazole rings is 1. The molecule has 9 heteroatoms. The van der Waals surface area contributed by atoms with Crippen LogP contribution in [0.5, 0.6) is 0 Å². The lowest BCUT2D eigenvalue weighted by molar-refractivity contribution is -0.384. The van der Waals surface area contributed by atoms with Gasteiger partial charge in [-0.05, 0) is 19.9 Å². The van der Waals surface area contributed by atoms with E-state index in [-0.39, 0.29) is 17.5 Å². The van der Waals surface area contributed by atoms with Crippen LogP contribution in [-0.2, 0) is 0 Å². The topological polar surface area (TPSA) is 119 Å². The molecule has 0 spiro atoms. The Labute approximate surface area is 119 Å². The second kappa shape index (κ2) is 5.80. The summed E-state index contributed by atoms with van der Waals surface area (Å²) in [5, 5.41) is 16.8. The normalized spacial score (nSPS) is 11.9. The molecule has 8 nitrogen and oxygen atoms in total. The largest absolute Gasteiger partial charge is 0.355 e. The molecule has 0 bridgehead atoms. The molecule has 2 heterocycles. The summed E-state index contributed by atoms with van der Waals surface area (Å²) in [7, 11) is 0. The molecule has 0 saturated carbocycles. The lowest BCUT2D eigenvalue weighted by atomic mass is 10.3. The number of rotatable bonds is 5. The van der Waals surface area contributed by atoms with Gasteiger partial charge in [0.2, 0.25) is 5.82 Å². The van der Waals surface area contributed by atoms with Crippen molar-refractivity contribution in [3.63, 3.8) is 0 Å². The summed E-state index contributed by atoms with van der Waals surface area (Å²) in [5.41, 5.74) is 3.17. The van der Waals surface area contributed by atoms with E-state index in [0.29, 0.717) is 5.82 Å². The van der Waals surface area contributed by atoms with Gasteiger partial charge in [0.15, 0.2) is 0 Å². The van der Waals surface area contributed by atoms with Crippen molar-refractivity contribution < 1.29 is 4.92 Å². The molecule has 0 aliphatic carbocycles. The third-order valence-electron chi connectivity index (χ3n) is 2.58.